The van der Waals surface area contributed by atoms with Gasteiger partial charge in [-0.1, -0.05) is 23.7 Å². The molecule has 2 aromatic carbocycles. The van der Waals surface area contributed by atoms with Crippen molar-refractivity contribution in [1.29, 1.82) is 0 Å². The SMILES string of the molecule is COc1ccccc1N1C(=O)C[C@@H](Nc2ccc(Cl)cc2)C1=O. The maximum Gasteiger partial charge on any atom is 0.256 e. The molecular weight excluding hydrogens is 316 g/mol. The van der Waals surface area contributed by atoms with Crippen LogP contribution in [-0.4, -0.2) is 25.0 Å². The van der Waals surface area contributed by atoms with Gasteiger partial charge in [0.2, 0.25) is 5.91 Å². The summed E-state index contributed by atoms with van der Waals surface area (Å²) in [7, 11) is 1.51. The van der Waals surface area contributed by atoms with Crippen molar-refractivity contribution in [3.05, 3.63) is 53.6 Å². The van der Waals surface area contributed by atoms with Gasteiger partial charge in [-0.2, -0.15) is 0 Å². The van der Waals surface area contributed by atoms with Gasteiger partial charge in [-0.25, -0.2) is 4.90 Å². The van der Waals surface area contributed by atoms with Crippen LogP contribution in [0.25, 0.3) is 0 Å². The molecule has 0 radical (unpaired) electrons. The smallest absolute Gasteiger partial charge is 0.256 e. The summed E-state index contributed by atoms with van der Waals surface area (Å²) in [4.78, 5) is 26.1. The van der Waals surface area contributed by atoms with E-state index in [1.807, 2.05) is 0 Å². The van der Waals surface area contributed by atoms with E-state index in [4.69, 9.17) is 16.3 Å². The topological polar surface area (TPSA) is 58.6 Å². The maximum absolute atomic E-state index is 12.6. The normalized spacial score (nSPS) is 17.5. The second kappa shape index (κ2) is 6.30. The summed E-state index contributed by atoms with van der Waals surface area (Å²) < 4.78 is 5.24. The lowest BCUT2D eigenvalue weighted by Crippen LogP contribution is -2.35. The Hall–Kier alpha value is -2.53. The van der Waals surface area contributed by atoms with E-state index in [0.717, 1.165) is 5.69 Å². The second-order valence-corrected chi connectivity index (χ2v) is 5.58. The first-order valence-electron chi connectivity index (χ1n) is 7.12. The number of nitrogens with zero attached hydrogens (tertiary/aromatic N) is 1. The van der Waals surface area contributed by atoms with Crippen molar-refractivity contribution in [3.63, 3.8) is 0 Å². The van der Waals surface area contributed by atoms with E-state index in [1.165, 1.54) is 12.0 Å². The van der Waals surface area contributed by atoms with E-state index >= 15 is 0 Å². The number of anilines is 2. The van der Waals surface area contributed by atoms with Gasteiger partial charge in [0, 0.05) is 10.7 Å². The number of methoxy groups -OCH3 is 1. The number of ether oxygens (including phenoxy) is 1. The molecule has 2 amide bonds. The molecule has 1 saturated heterocycles. The largest absolute Gasteiger partial charge is 0.495 e. The van der Waals surface area contributed by atoms with Crippen molar-refractivity contribution >= 4 is 34.8 Å². The third-order valence-corrected chi connectivity index (χ3v) is 3.91. The van der Waals surface area contributed by atoms with Gasteiger partial charge in [-0.3, -0.25) is 9.59 Å². The van der Waals surface area contributed by atoms with E-state index in [9.17, 15) is 9.59 Å². The molecule has 2 aromatic rings. The summed E-state index contributed by atoms with van der Waals surface area (Å²) in [5.41, 5.74) is 1.20. The molecule has 1 atom stereocenters. The van der Waals surface area contributed by atoms with Gasteiger partial charge in [-0.15, -0.1) is 0 Å². The lowest BCUT2D eigenvalue weighted by molar-refractivity contribution is -0.121. The van der Waals surface area contributed by atoms with Gasteiger partial charge >= 0.3 is 0 Å². The maximum atomic E-state index is 12.6. The minimum Gasteiger partial charge on any atom is -0.495 e. The summed E-state index contributed by atoms with van der Waals surface area (Å²) >= 11 is 5.85. The Morgan fingerprint density at radius 1 is 1.13 bits per heavy atom. The van der Waals surface area contributed by atoms with E-state index in [-0.39, 0.29) is 18.2 Å². The third-order valence-electron chi connectivity index (χ3n) is 3.66. The predicted molar refractivity (Wildman–Crippen MR) is 89.0 cm³/mol. The Balaban J connectivity index is 1.84. The zero-order valence-electron chi connectivity index (χ0n) is 12.5. The Kier molecular flexibility index (Phi) is 4.21. The summed E-state index contributed by atoms with van der Waals surface area (Å²) in [5, 5.41) is 3.69. The molecule has 1 heterocycles. The van der Waals surface area contributed by atoms with E-state index in [0.29, 0.717) is 16.5 Å². The van der Waals surface area contributed by atoms with Crippen LogP contribution in [0.1, 0.15) is 6.42 Å². The lowest BCUT2D eigenvalue weighted by atomic mass is 10.2. The van der Waals surface area contributed by atoms with Crippen LogP contribution in [0, 0.1) is 0 Å². The highest BCUT2D eigenvalue weighted by Crippen LogP contribution is 2.32. The van der Waals surface area contributed by atoms with Crippen molar-refractivity contribution in [2.24, 2.45) is 0 Å². The van der Waals surface area contributed by atoms with E-state index in [2.05, 4.69) is 5.32 Å². The summed E-state index contributed by atoms with van der Waals surface area (Å²) in [6.45, 7) is 0. The average Bonchev–Trinajstić information content (AvgIpc) is 2.83. The number of para-hydroxylation sites is 2. The van der Waals surface area contributed by atoms with Gasteiger partial charge in [0.25, 0.3) is 5.91 Å². The molecule has 0 aromatic heterocycles. The van der Waals surface area contributed by atoms with Gasteiger partial charge in [0.15, 0.2) is 0 Å². The predicted octanol–water partition coefficient (Wildman–Crippen LogP) is 3.09. The van der Waals surface area contributed by atoms with E-state index < -0.39 is 6.04 Å². The fourth-order valence-corrected chi connectivity index (χ4v) is 2.69. The quantitative estimate of drug-likeness (QED) is 0.875. The second-order valence-electron chi connectivity index (χ2n) is 5.15. The van der Waals surface area contributed by atoms with Gasteiger partial charge in [0.05, 0.1) is 19.2 Å². The van der Waals surface area contributed by atoms with Crippen molar-refractivity contribution in [1.82, 2.24) is 0 Å². The highest BCUT2D eigenvalue weighted by molar-refractivity contribution is 6.30. The molecule has 0 bridgehead atoms. The molecule has 3 rings (SSSR count). The fourth-order valence-electron chi connectivity index (χ4n) is 2.56. The molecule has 1 N–H and O–H groups in total. The molecular formula is C17H15ClN2O3. The highest BCUT2D eigenvalue weighted by atomic mass is 35.5. The van der Waals surface area contributed by atoms with Crippen LogP contribution < -0.4 is 15.0 Å². The molecule has 0 saturated carbocycles. The van der Waals surface area contributed by atoms with Crippen LogP contribution >= 0.6 is 11.6 Å². The number of rotatable bonds is 4. The number of amides is 2. The molecule has 6 heteroatoms. The molecule has 118 valence electrons. The molecule has 5 nitrogen and oxygen atoms in total. The van der Waals surface area contributed by atoms with Crippen LogP contribution in [0.2, 0.25) is 5.02 Å². The van der Waals surface area contributed by atoms with Crippen LogP contribution in [0.15, 0.2) is 48.5 Å². The lowest BCUT2D eigenvalue weighted by Gasteiger charge is -2.18. The first-order chi connectivity index (χ1) is 11.1. The number of imide groups is 1. The third kappa shape index (κ3) is 3.00. The van der Waals surface area contributed by atoms with Crippen molar-refractivity contribution in [3.8, 4) is 5.75 Å². The monoisotopic (exact) mass is 330 g/mol. The molecule has 23 heavy (non-hydrogen) atoms. The molecule has 1 fully saturated rings. The zero-order valence-corrected chi connectivity index (χ0v) is 13.2. The molecule has 1 aliphatic rings. The number of benzene rings is 2. The molecule has 0 spiro atoms. The summed E-state index contributed by atoms with van der Waals surface area (Å²) in [6, 6.07) is 13.3. The Labute approximate surface area is 138 Å². The molecule has 0 unspecified atom stereocenters. The van der Waals surface area contributed by atoms with Gasteiger partial charge in [0.1, 0.15) is 11.8 Å². The first-order valence-corrected chi connectivity index (χ1v) is 7.50. The minimum absolute atomic E-state index is 0.0967. The van der Waals surface area contributed by atoms with Crippen LogP contribution in [0.5, 0.6) is 5.75 Å². The number of halogens is 1. The number of carbonyl (C=O) groups excluding carboxylic acids is 2. The average molecular weight is 331 g/mol. The van der Waals surface area contributed by atoms with Crippen molar-refractivity contribution in [2.45, 2.75) is 12.5 Å². The van der Waals surface area contributed by atoms with Crippen molar-refractivity contribution < 1.29 is 14.3 Å². The Morgan fingerprint density at radius 3 is 2.52 bits per heavy atom. The molecule has 1 aliphatic heterocycles. The van der Waals surface area contributed by atoms with E-state index in [1.54, 1.807) is 48.5 Å². The van der Waals surface area contributed by atoms with Crippen LogP contribution in [0.4, 0.5) is 11.4 Å². The Morgan fingerprint density at radius 2 is 1.83 bits per heavy atom. The van der Waals surface area contributed by atoms with Gasteiger partial charge < -0.3 is 10.1 Å². The number of hydrogen-bond acceptors (Lipinski definition) is 4. The van der Waals surface area contributed by atoms with Crippen molar-refractivity contribution in [2.75, 3.05) is 17.3 Å². The summed E-state index contributed by atoms with van der Waals surface area (Å²) in [5.74, 6) is -0.0678. The number of hydrogen-bond donors (Lipinski definition) is 1. The van der Waals surface area contributed by atoms with Gasteiger partial charge in [-0.05, 0) is 36.4 Å². The van der Waals surface area contributed by atoms with Crippen LogP contribution in [0.3, 0.4) is 0 Å². The summed E-state index contributed by atoms with van der Waals surface area (Å²) in [6.07, 6.45) is 0.0967. The Bertz CT molecular complexity index is 746. The zero-order chi connectivity index (χ0) is 16.4. The standard InChI is InChI=1S/C17H15ClN2O3/c1-23-15-5-3-2-4-14(15)20-16(21)10-13(17(20)22)19-12-8-6-11(18)7-9-12/h2-9,13,19H,10H2,1H3/t13-/m1/s1. The number of nitrogens with one attached hydrogen (secondary N) is 1. The van der Waals surface area contributed by atoms with Crippen LogP contribution in [-0.2, 0) is 9.59 Å². The number of carbonyl (C=O) groups is 2. The molecule has 0 aliphatic carbocycles. The minimum atomic E-state index is -0.603. The fraction of sp³-hybridized carbons (Fsp3) is 0.176. The highest BCUT2D eigenvalue weighted by Gasteiger charge is 2.40. The first kappa shape index (κ1) is 15.4.